The van der Waals surface area contributed by atoms with Crippen LogP contribution in [0.2, 0.25) is 0 Å². The number of nitrogens with zero attached hydrogens (tertiary/aromatic N) is 6. The molecule has 10 heteroatoms. The van der Waals surface area contributed by atoms with E-state index in [-0.39, 0.29) is 36.4 Å². The van der Waals surface area contributed by atoms with Gasteiger partial charge in [-0.25, -0.2) is 0 Å². The monoisotopic (exact) mass is 586 g/mol. The summed E-state index contributed by atoms with van der Waals surface area (Å²) >= 11 is 0. The number of fused-ring (bicyclic) bond motifs is 2. The number of hydrogen-bond acceptors (Lipinski definition) is 6. The van der Waals surface area contributed by atoms with Gasteiger partial charge in [-0.3, -0.25) is 9.59 Å². The lowest BCUT2D eigenvalue weighted by atomic mass is 10.1. The van der Waals surface area contributed by atoms with Crippen LogP contribution in [0, 0.1) is 11.8 Å². The maximum atomic E-state index is 12.3. The SMILES string of the molecule is CC(C)Cn1c(O)c(N=NC(=O)CCCCCCCC(=O)N=Nc2c(O)n(CC(C)C)c3ccccc23)c2ccccc21. The van der Waals surface area contributed by atoms with Crippen LogP contribution in [0.3, 0.4) is 0 Å². The second-order valence-corrected chi connectivity index (χ2v) is 11.8. The summed E-state index contributed by atoms with van der Waals surface area (Å²) in [7, 11) is 0. The third-order valence-corrected chi connectivity index (χ3v) is 7.23. The molecule has 0 fully saturated rings. The number of aromatic hydroxyl groups is 2. The first-order valence-electron chi connectivity index (χ1n) is 15.2. The van der Waals surface area contributed by atoms with Crippen molar-refractivity contribution in [3.63, 3.8) is 0 Å². The number of benzene rings is 2. The molecule has 2 aromatic heterocycles. The molecule has 2 amide bonds. The summed E-state index contributed by atoms with van der Waals surface area (Å²) < 4.78 is 3.61. The van der Waals surface area contributed by atoms with Gasteiger partial charge in [-0.1, -0.05) is 83.4 Å². The number of amides is 2. The first-order chi connectivity index (χ1) is 20.7. The quantitative estimate of drug-likeness (QED) is 0.113. The zero-order chi connectivity index (χ0) is 30.9. The van der Waals surface area contributed by atoms with Crippen molar-refractivity contribution in [2.45, 2.75) is 85.7 Å². The molecule has 4 rings (SSSR count). The van der Waals surface area contributed by atoms with Gasteiger partial charge in [0, 0.05) is 36.7 Å². The fourth-order valence-electron chi connectivity index (χ4n) is 5.23. The highest BCUT2D eigenvalue weighted by Gasteiger charge is 2.18. The van der Waals surface area contributed by atoms with E-state index in [0.29, 0.717) is 49.1 Å². The largest absolute Gasteiger partial charge is 0.493 e. The summed E-state index contributed by atoms with van der Waals surface area (Å²) in [4.78, 5) is 24.7. The molecule has 0 unspecified atom stereocenters. The van der Waals surface area contributed by atoms with Gasteiger partial charge in [0.15, 0.2) is 11.4 Å². The second-order valence-electron chi connectivity index (χ2n) is 11.8. The van der Waals surface area contributed by atoms with Crippen LogP contribution < -0.4 is 0 Å². The Bertz CT molecular complexity index is 1510. The van der Waals surface area contributed by atoms with Crippen LogP contribution in [-0.4, -0.2) is 31.2 Å². The molecule has 0 aliphatic carbocycles. The molecule has 0 saturated carbocycles. The van der Waals surface area contributed by atoms with E-state index >= 15 is 0 Å². The lowest BCUT2D eigenvalue weighted by molar-refractivity contribution is -0.119. The summed E-state index contributed by atoms with van der Waals surface area (Å²) in [6, 6.07) is 15.1. The van der Waals surface area contributed by atoms with Gasteiger partial charge in [0.1, 0.15) is 0 Å². The van der Waals surface area contributed by atoms with Crippen molar-refractivity contribution in [2.75, 3.05) is 0 Å². The van der Waals surface area contributed by atoms with Crippen LogP contribution in [0.5, 0.6) is 11.8 Å². The maximum Gasteiger partial charge on any atom is 0.264 e. The molecular weight excluding hydrogens is 544 g/mol. The van der Waals surface area contributed by atoms with Gasteiger partial charge in [-0.05, 0) is 36.8 Å². The van der Waals surface area contributed by atoms with Crippen LogP contribution >= 0.6 is 0 Å². The first-order valence-corrected chi connectivity index (χ1v) is 15.2. The third kappa shape index (κ3) is 7.94. The Morgan fingerprint density at radius 1 is 0.628 bits per heavy atom. The number of rotatable bonds is 14. The Morgan fingerprint density at radius 2 is 1.00 bits per heavy atom. The van der Waals surface area contributed by atoms with Gasteiger partial charge < -0.3 is 19.3 Å². The van der Waals surface area contributed by atoms with E-state index < -0.39 is 0 Å². The number of azo groups is 2. The molecule has 4 aromatic rings. The summed E-state index contributed by atoms with van der Waals surface area (Å²) in [5, 5.41) is 39.0. The van der Waals surface area contributed by atoms with Gasteiger partial charge in [0.05, 0.1) is 11.0 Å². The molecule has 2 N–H and O–H groups in total. The highest BCUT2D eigenvalue weighted by atomic mass is 16.3. The minimum absolute atomic E-state index is 0.0233. The van der Waals surface area contributed by atoms with Crippen LogP contribution in [0.25, 0.3) is 21.8 Å². The minimum Gasteiger partial charge on any atom is -0.493 e. The molecule has 10 nitrogen and oxygen atoms in total. The third-order valence-electron chi connectivity index (χ3n) is 7.23. The van der Waals surface area contributed by atoms with Crippen molar-refractivity contribution in [2.24, 2.45) is 32.3 Å². The molecule has 2 aromatic carbocycles. The number of aromatic nitrogens is 2. The van der Waals surface area contributed by atoms with E-state index in [1.165, 1.54) is 0 Å². The normalized spacial score (nSPS) is 12.2. The van der Waals surface area contributed by atoms with Crippen molar-refractivity contribution in [1.82, 2.24) is 9.13 Å². The van der Waals surface area contributed by atoms with Crippen LogP contribution in [0.15, 0.2) is 69.0 Å². The Morgan fingerprint density at radius 3 is 1.40 bits per heavy atom. The molecule has 0 aliphatic heterocycles. The summed E-state index contributed by atoms with van der Waals surface area (Å²) in [6.07, 6.45) is 4.44. The topological polar surface area (TPSA) is 134 Å². The van der Waals surface area contributed by atoms with Gasteiger partial charge in [-0.15, -0.1) is 20.5 Å². The fraction of sp³-hybridized carbons (Fsp3) is 0.455. The van der Waals surface area contributed by atoms with E-state index in [0.717, 1.165) is 41.1 Å². The average Bonchev–Trinajstić information content (AvgIpc) is 3.39. The molecule has 0 spiro atoms. The summed E-state index contributed by atoms with van der Waals surface area (Å²) in [5.74, 6) is 0.0605. The second kappa shape index (κ2) is 14.7. The number of hydrogen-bond donors (Lipinski definition) is 2. The first kappa shape index (κ1) is 31.6. The van der Waals surface area contributed by atoms with E-state index in [1.54, 1.807) is 9.13 Å². The Balaban J connectivity index is 1.20. The van der Waals surface area contributed by atoms with Gasteiger partial charge in [0.2, 0.25) is 11.8 Å². The van der Waals surface area contributed by atoms with Crippen LogP contribution in [-0.2, 0) is 22.7 Å². The minimum atomic E-state index is -0.325. The lowest BCUT2D eigenvalue weighted by Crippen LogP contribution is -2.03. The number of carbonyl (C=O) groups excluding carboxylic acids is 2. The van der Waals surface area contributed by atoms with Gasteiger partial charge in [0.25, 0.3) is 11.8 Å². The summed E-state index contributed by atoms with van der Waals surface area (Å²) in [6.45, 7) is 9.57. The lowest BCUT2D eigenvalue weighted by Gasteiger charge is -2.09. The Hall–Kier alpha value is -4.34. The highest BCUT2D eigenvalue weighted by molar-refractivity contribution is 5.96. The molecule has 0 atom stereocenters. The fourth-order valence-corrected chi connectivity index (χ4v) is 5.23. The van der Waals surface area contributed by atoms with Crippen molar-refractivity contribution < 1.29 is 19.8 Å². The van der Waals surface area contributed by atoms with E-state index in [1.807, 2.05) is 48.5 Å². The Labute approximate surface area is 252 Å². The zero-order valence-corrected chi connectivity index (χ0v) is 25.5. The standard InChI is InChI=1S/C33H42N6O4/c1-22(2)20-38-26-16-12-10-14-24(26)30(32(38)42)36-34-28(40)18-8-6-5-7-9-19-29(41)35-37-31-25-15-11-13-17-27(25)39(33(31)43)21-23(3)4/h10-17,22-23,42-43H,5-9,18-21H2,1-4H3. The van der Waals surface area contributed by atoms with Crippen molar-refractivity contribution in [3.05, 3.63) is 48.5 Å². The van der Waals surface area contributed by atoms with Crippen molar-refractivity contribution in [1.29, 1.82) is 0 Å². The average molecular weight is 587 g/mol. The molecule has 43 heavy (non-hydrogen) atoms. The predicted molar refractivity (Wildman–Crippen MR) is 168 cm³/mol. The molecule has 2 heterocycles. The molecule has 228 valence electrons. The molecule has 0 saturated heterocycles. The van der Waals surface area contributed by atoms with Crippen LogP contribution in [0.4, 0.5) is 11.4 Å². The van der Waals surface area contributed by atoms with Gasteiger partial charge in [-0.2, -0.15) is 0 Å². The van der Waals surface area contributed by atoms with E-state index in [2.05, 4.69) is 48.2 Å². The smallest absolute Gasteiger partial charge is 0.264 e. The number of para-hydroxylation sites is 2. The molecular formula is C33H42N6O4. The highest BCUT2D eigenvalue weighted by Crippen LogP contribution is 2.40. The number of carbonyl (C=O) groups is 2. The Kier molecular flexibility index (Phi) is 10.8. The van der Waals surface area contributed by atoms with Crippen molar-refractivity contribution in [3.8, 4) is 11.8 Å². The van der Waals surface area contributed by atoms with Crippen LogP contribution in [0.1, 0.15) is 72.6 Å². The van der Waals surface area contributed by atoms with E-state index in [9.17, 15) is 19.8 Å². The number of unbranched alkanes of at least 4 members (excludes halogenated alkanes) is 4. The summed E-state index contributed by atoms with van der Waals surface area (Å²) in [5.41, 5.74) is 2.37. The van der Waals surface area contributed by atoms with E-state index in [4.69, 9.17) is 0 Å². The molecule has 0 bridgehead atoms. The predicted octanol–water partition coefficient (Wildman–Crippen LogP) is 8.97. The zero-order valence-electron chi connectivity index (χ0n) is 25.5. The maximum absolute atomic E-state index is 12.3. The molecule has 0 radical (unpaired) electrons. The molecule has 0 aliphatic rings. The van der Waals surface area contributed by atoms with Crippen molar-refractivity contribution >= 4 is 45.0 Å². The van der Waals surface area contributed by atoms with Gasteiger partial charge >= 0.3 is 0 Å².